The van der Waals surface area contributed by atoms with Crippen molar-refractivity contribution < 1.29 is 33.6 Å². The summed E-state index contributed by atoms with van der Waals surface area (Å²) in [5.41, 5.74) is 0.248. The number of ether oxygens (including phenoxy) is 4. The molecule has 0 spiro atoms. The molecule has 0 amide bonds. The van der Waals surface area contributed by atoms with E-state index in [4.69, 9.17) is 18.9 Å². The number of carboxylic acid groups (broad SMARTS) is 1. The first-order valence-corrected chi connectivity index (χ1v) is 13.8. The van der Waals surface area contributed by atoms with E-state index in [2.05, 4.69) is 5.32 Å². The Morgan fingerprint density at radius 3 is 1.76 bits per heavy atom. The fraction of sp³-hybridized carbons (Fsp3) is 0.394. The summed E-state index contributed by atoms with van der Waals surface area (Å²) < 4.78 is 24.8. The maximum Gasteiger partial charge on any atom is 0.330 e. The third-order valence-corrected chi connectivity index (χ3v) is 6.78. The number of aliphatic carboxylic acids is 1. The summed E-state index contributed by atoms with van der Waals surface area (Å²) in [6.45, 7) is 6.14. The normalized spacial score (nSPS) is 22.4. The molecule has 2 N–H and O–H groups in total. The van der Waals surface area contributed by atoms with Crippen LogP contribution in [0.2, 0.25) is 0 Å². The van der Waals surface area contributed by atoms with Gasteiger partial charge in [-0.2, -0.15) is 0 Å². The van der Waals surface area contributed by atoms with E-state index in [9.17, 15) is 14.7 Å². The van der Waals surface area contributed by atoms with E-state index >= 15 is 0 Å². The molecule has 0 unspecified atom stereocenters. The van der Waals surface area contributed by atoms with Gasteiger partial charge in [-0.3, -0.25) is 10.1 Å². The van der Waals surface area contributed by atoms with Gasteiger partial charge in [-0.1, -0.05) is 91.0 Å². The van der Waals surface area contributed by atoms with Gasteiger partial charge in [0.05, 0.1) is 38.9 Å². The molecule has 1 aliphatic heterocycles. The molecule has 0 aliphatic carbocycles. The second kappa shape index (κ2) is 13.9. The van der Waals surface area contributed by atoms with Gasteiger partial charge in [0, 0.05) is 0 Å². The molecule has 8 heteroatoms. The number of hydrogen-bond acceptors (Lipinski definition) is 7. The van der Waals surface area contributed by atoms with Crippen LogP contribution >= 0.6 is 0 Å². The highest BCUT2D eigenvalue weighted by Crippen LogP contribution is 2.36. The molecule has 1 saturated heterocycles. The molecule has 1 heterocycles. The average Bonchev–Trinajstić information content (AvgIpc) is 3.23. The van der Waals surface area contributed by atoms with Crippen molar-refractivity contribution in [1.82, 2.24) is 5.32 Å². The molecule has 1 fully saturated rings. The highest BCUT2D eigenvalue weighted by atomic mass is 16.6. The van der Waals surface area contributed by atoms with E-state index in [-0.39, 0.29) is 19.8 Å². The van der Waals surface area contributed by atoms with Gasteiger partial charge in [0.25, 0.3) is 0 Å². The zero-order valence-electron chi connectivity index (χ0n) is 23.8. The molecular weight excluding hydrogens is 522 g/mol. The summed E-state index contributed by atoms with van der Waals surface area (Å²) in [6, 6.07) is 28.4. The highest BCUT2D eigenvalue weighted by Gasteiger charge is 2.61. The largest absolute Gasteiger partial charge is 0.481 e. The van der Waals surface area contributed by atoms with Crippen LogP contribution in [0.15, 0.2) is 91.0 Å². The SMILES string of the molecule is CC(C)(C)OC(=O)[C@]1(CC(=O)O)N[C@H](COCc2ccccc2)[C@@H](OCc2ccccc2)[C@@H]1OCc1ccccc1. The Kier molecular flexibility index (Phi) is 10.3. The van der Waals surface area contributed by atoms with Crippen molar-refractivity contribution in [3.63, 3.8) is 0 Å². The fourth-order valence-corrected chi connectivity index (χ4v) is 4.98. The Labute approximate surface area is 241 Å². The Morgan fingerprint density at radius 1 is 0.780 bits per heavy atom. The number of carbonyl (C=O) groups excluding carboxylic acids is 1. The first kappa shape index (κ1) is 30.4. The van der Waals surface area contributed by atoms with Crippen LogP contribution in [-0.2, 0) is 48.4 Å². The van der Waals surface area contributed by atoms with Crippen LogP contribution in [-0.4, -0.2) is 53.0 Å². The monoisotopic (exact) mass is 561 g/mol. The lowest BCUT2D eigenvalue weighted by Crippen LogP contribution is -2.60. The van der Waals surface area contributed by atoms with Crippen molar-refractivity contribution in [3.8, 4) is 0 Å². The van der Waals surface area contributed by atoms with Crippen LogP contribution < -0.4 is 5.32 Å². The van der Waals surface area contributed by atoms with Crippen molar-refractivity contribution >= 4 is 11.9 Å². The van der Waals surface area contributed by atoms with Crippen LogP contribution in [0.3, 0.4) is 0 Å². The van der Waals surface area contributed by atoms with E-state index in [1.807, 2.05) is 91.0 Å². The standard InChI is InChI=1S/C33H39NO7/c1-32(2,3)41-31(37)33(19-28(35)36)30(40-22-26-17-11-6-12-18-26)29(39-21-25-15-9-5-10-16-25)27(34-33)23-38-20-24-13-7-4-8-14-24/h4-18,27,29-30,34H,19-23H2,1-3H3,(H,35,36)/t27-,29-,30+,33-/m1/s1. The number of benzene rings is 3. The lowest BCUT2D eigenvalue weighted by atomic mass is 9.88. The van der Waals surface area contributed by atoms with Crippen LogP contribution in [0, 0.1) is 0 Å². The molecular formula is C33H39NO7. The minimum atomic E-state index is -1.71. The highest BCUT2D eigenvalue weighted by molar-refractivity contribution is 5.88. The third-order valence-electron chi connectivity index (χ3n) is 6.78. The Bertz CT molecular complexity index is 1250. The lowest BCUT2D eigenvalue weighted by Gasteiger charge is -2.35. The van der Waals surface area contributed by atoms with Crippen molar-refractivity contribution in [2.45, 2.75) is 76.4 Å². The summed E-state index contributed by atoms with van der Waals surface area (Å²) in [7, 11) is 0. The summed E-state index contributed by atoms with van der Waals surface area (Å²) in [6.07, 6.45) is -2.26. The predicted molar refractivity (Wildman–Crippen MR) is 154 cm³/mol. The molecule has 0 aromatic heterocycles. The molecule has 3 aromatic rings. The first-order chi connectivity index (χ1) is 19.7. The van der Waals surface area contributed by atoms with Crippen LogP contribution in [0.25, 0.3) is 0 Å². The summed E-state index contributed by atoms with van der Waals surface area (Å²) in [4.78, 5) is 26.1. The van der Waals surface area contributed by atoms with E-state index < -0.39 is 47.7 Å². The van der Waals surface area contributed by atoms with E-state index in [0.29, 0.717) is 6.61 Å². The summed E-state index contributed by atoms with van der Waals surface area (Å²) >= 11 is 0. The number of hydrogen-bond donors (Lipinski definition) is 2. The van der Waals surface area contributed by atoms with Gasteiger partial charge in [-0.05, 0) is 37.5 Å². The van der Waals surface area contributed by atoms with Gasteiger partial charge in [-0.15, -0.1) is 0 Å². The van der Waals surface area contributed by atoms with E-state index in [1.54, 1.807) is 20.8 Å². The van der Waals surface area contributed by atoms with Gasteiger partial charge in [-0.25, -0.2) is 4.79 Å². The Hall–Kier alpha value is -3.56. The van der Waals surface area contributed by atoms with Crippen molar-refractivity contribution in [1.29, 1.82) is 0 Å². The van der Waals surface area contributed by atoms with Crippen molar-refractivity contribution in [3.05, 3.63) is 108 Å². The van der Waals surface area contributed by atoms with Crippen molar-refractivity contribution in [2.24, 2.45) is 0 Å². The zero-order valence-corrected chi connectivity index (χ0v) is 23.8. The molecule has 8 nitrogen and oxygen atoms in total. The zero-order chi connectivity index (χ0) is 29.3. The van der Waals surface area contributed by atoms with E-state index in [1.165, 1.54) is 0 Å². The van der Waals surface area contributed by atoms with Gasteiger partial charge < -0.3 is 24.1 Å². The molecule has 0 saturated carbocycles. The molecule has 218 valence electrons. The van der Waals surface area contributed by atoms with Crippen LogP contribution in [0.1, 0.15) is 43.9 Å². The maximum atomic E-state index is 13.9. The smallest absolute Gasteiger partial charge is 0.330 e. The third kappa shape index (κ3) is 8.47. The molecule has 4 atom stereocenters. The molecule has 41 heavy (non-hydrogen) atoms. The van der Waals surface area contributed by atoms with Gasteiger partial charge in [0.2, 0.25) is 0 Å². The predicted octanol–water partition coefficient (Wildman–Crippen LogP) is 4.90. The minimum absolute atomic E-state index is 0.153. The molecule has 0 radical (unpaired) electrons. The first-order valence-electron chi connectivity index (χ1n) is 13.8. The van der Waals surface area contributed by atoms with Gasteiger partial charge in [0.1, 0.15) is 17.8 Å². The molecule has 3 aromatic carbocycles. The Balaban J connectivity index is 1.67. The molecule has 4 rings (SSSR count). The van der Waals surface area contributed by atoms with Crippen LogP contribution in [0.5, 0.6) is 0 Å². The summed E-state index contributed by atoms with van der Waals surface area (Å²) in [5.74, 6) is -1.87. The van der Waals surface area contributed by atoms with Gasteiger partial charge in [0.15, 0.2) is 5.54 Å². The fourth-order valence-electron chi connectivity index (χ4n) is 4.98. The number of nitrogens with one attached hydrogen (secondary N) is 1. The molecule has 1 aliphatic rings. The topological polar surface area (TPSA) is 103 Å². The van der Waals surface area contributed by atoms with Crippen LogP contribution in [0.4, 0.5) is 0 Å². The number of carboxylic acids is 1. The number of rotatable bonds is 13. The lowest BCUT2D eigenvalue weighted by molar-refractivity contribution is -0.176. The van der Waals surface area contributed by atoms with Crippen molar-refractivity contribution in [2.75, 3.05) is 6.61 Å². The molecule has 0 bridgehead atoms. The summed E-state index contributed by atoms with van der Waals surface area (Å²) in [5, 5.41) is 13.3. The minimum Gasteiger partial charge on any atom is -0.481 e. The number of carbonyl (C=O) groups is 2. The number of esters is 1. The Morgan fingerprint density at radius 2 is 1.27 bits per heavy atom. The maximum absolute atomic E-state index is 13.9. The van der Waals surface area contributed by atoms with E-state index in [0.717, 1.165) is 16.7 Å². The quantitative estimate of drug-likeness (QED) is 0.284. The second-order valence-electron chi connectivity index (χ2n) is 11.3. The second-order valence-corrected chi connectivity index (χ2v) is 11.3. The average molecular weight is 562 g/mol. The van der Waals surface area contributed by atoms with Gasteiger partial charge >= 0.3 is 11.9 Å².